The van der Waals surface area contributed by atoms with E-state index in [4.69, 9.17) is 9.26 Å². The van der Waals surface area contributed by atoms with Gasteiger partial charge in [0.05, 0.1) is 16.8 Å². The van der Waals surface area contributed by atoms with Crippen LogP contribution in [0.5, 0.6) is 5.75 Å². The molecule has 0 radical (unpaired) electrons. The van der Waals surface area contributed by atoms with Crippen LogP contribution in [-0.4, -0.2) is 11.8 Å². The first-order chi connectivity index (χ1) is 8.16. The summed E-state index contributed by atoms with van der Waals surface area (Å²) in [7, 11) is 0. The van der Waals surface area contributed by atoms with E-state index in [0.717, 1.165) is 45.8 Å². The van der Waals surface area contributed by atoms with Crippen LogP contribution in [0.3, 0.4) is 0 Å². The molecule has 0 fully saturated rings. The van der Waals surface area contributed by atoms with Gasteiger partial charge in [0.2, 0.25) is 0 Å². The molecule has 88 valence electrons. The summed E-state index contributed by atoms with van der Waals surface area (Å²) in [5.41, 5.74) is 4.39. The third kappa shape index (κ3) is 1.67. The van der Waals surface area contributed by atoms with E-state index in [-0.39, 0.29) is 0 Å². The van der Waals surface area contributed by atoms with Gasteiger partial charge in [0, 0.05) is 12.0 Å². The third-order valence-corrected chi connectivity index (χ3v) is 3.65. The molecule has 0 unspecified atom stereocenters. The summed E-state index contributed by atoms with van der Waals surface area (Å²) in [6, 6.07) is 4.23. The molecule has 0 saturated carbocycles. The molecule has 0 amide bonds. The number of aryl methyl sites for hydroxylation is 2. The number of hydrogen-bond donors (Lipinski definition) is 0. The summed E-state index contributed by atoms with van der Waals surface area (Å²) < 4.78 is 11.8. The second-order valence-corrected chi connectivity index (χ2v) is 5.10. The molecule has 2 aromatic rings. The number of fused-ring (bicyclic) bond motifs is 1. The van der Waals surface area contributed by atoms with Crippen molar-refractivity contribution in [1.82, 2.24) is 5.16 Å². The number of ether oxygens (including phenoxy) is 1. The van der Waals surface area contributed by atoms with Crippen molar-refractivity contribution in [2.45, 2.75) is 20.3 Å². The number of nitrogens with zero attached hydrogens (tertiary/aromatic N) is 1. The number of rotatable bonds is 1. The number of halogens is 1. The fourth-order valence-electron chi connectivity index (χ4n) is 2.30. The smallest absolute Gasteiger partial charge is 0.141 e. The third-order valence-electron chi connectivity index (χ3n) is 3.06. The Hall–Kier alpha value is -1.29. The lowest BCUT2D eigenvalue weighted by Crippen LogP contribution is -1.87. The molecule has 1 aliphatic rings. The van der Waals surface area contributed by atoms with Crippen molar-refractivity contribution in [3.05, 3.63) is 33.6 Å². The summed E-state index contributed by atoms with van der Waals surface area (Å²) in [5.74, 6) is 1.83. The highest BCUT2D eigenvalue weighted by Crippen LogP contribution is 2.39. The van der Waals surface area contributed by atoms with Crippen molar-refractivity contribution in [3.8, 4) is 16.9 Å². The van der Waals surface area contributed by atoms with Gasteiger partial charge in [0.25, 0.3) is 0 Å². The summed E-state index contributed by atoms with van der Waals surface area (Å²) >= 11 is 3.56. The van der Waals surface area contributed by atoms with Gasteiger partial charge in [-0.15, -0.1) is 0 Å². The molecule has 3 rings (SSSR count). The molecule has 0 N–H and O–H groups in total. The van der Waals surface area contributed by atoms with E-state index in [0.29, 0.717) is 0 Å². The molecule has 3 nitrogen and oxygen atoms in total. The first kappa shape index (κ1) is 10.8. The normalized spacial score (nSPS) is 13.6. The quantitative estimate of drug-likeness (QED) is 0.805. The van der Waals surface area contributed by atoms with Crippen LogP contribution in [0.4, 0.5) is 0 Å². The zero-order chi connectivity index (χ0) is 12.0. The van der Waals surface area contributed by atoms with Crippen LogP contribution in [-0.2, 0) is 6.42 Å². The second-order valence-electron chi connectivity index (χ2n) is 4.24. The standard InChI is InChI=1S/C13H12BrNO2/c1-7-12(8(2)17-15-7)10-5-9-3-4-16-13(9)11(14)6-10/h5-6H,3-4H2,1-2H3. The highest BCUT2D eigenvalue weighted by Gasteiger charge is 2.19. The Morgan fingerprint density at radius 3 is 2.82 bits per heavy atom. The molecule has 17 heavy (non-hydrogen) atoms. The summed E-state index contributed by atoms with van der Waals surface area (Å²) in [6.07, 6.45) is 0.963. The lowest BCUT2D eigenvalue weighted by Gasteiger charge is -2.06. The average Bonchev–Trinajstić information content (AvgIpc) is 2.86. The van der Waals surface area contributed by atoms with Gasteiger partial charge in [0.15, 0.2) is 0 Å². The van der Waals surface area contributed by atoms with Crippen LogP contribution >= 0.6 is 15.9 Å². The Kier molecular flexibility index (Phi) is 2.47. The second kappa shape index (κ2) is 3.88. The molecule has 0 aliphatic carbocycles. The van der Waals surface area contributed by atoms with E-state index >= 15 is 0 Å². The molecule has 0 saturated heterocycles. The molecular formula is C13H12BrNO2. The Morgan fingerprint density at radius 1 is 1.29 bits per heavy atom. The largest absolute Gasteiger partial charge is 0.492 e. The van der Waals surface area contributed by atoms with Crippen molar-refractivity contribution in [2.24, 2.45) is 0 Å². The number of aromatic nitrogens is 1. The van der Waals surface area contributed by atoms with Crippen LogP contribution < -0.4 is 4.74 Å². The zero-order valence-electron chi connectivity index (χ0n) is 9.71. The molecule has 0 atom stereocenters. The molecule has 2 heterocycles. The van der Waals surface area contributed by atoms with Gasteiger partial charge in [0.1, 0.15) is 11.5 Å². The van der Waals surface area contributed by atoms with E-state index in [9.17, 15) is 0 Å². The van der Waals surface area contributed by atoms with E-state index in [1.807, 2.05) is 13.8 Å². The summed E-state index contributed by atoms with van der Waals surface area (Å²) in [4.78, 5) is 0. The minimum absolute atomic E-state index is 0.763. The molecule has 1 aromatic heterocycles. The number of benzene rings is 1. The fraction of sp³-hybridized carbons (Fsp3) is 0.308. The molecular weight excluding hydrogens is 282 g/mol. The summed E-state index contributed by atoms with van der Waals surface area (Å²) in [6.45, 7) is 4.66. The maximum absolute atomic E-state index is 5.58. The summed E-state index contributed by atoms with van der Waals surface area (Å²) in [5, 5.41) is 3.99. The van der Waals surface area contributed by atoms with E-state index in [1.54, 1.807) is 0 Å². The van der Waals surface area contributed by atoms with Gasteiger partial charge in [-0.05, 0) is 53.0 Å². The minimum Gasteiger partial charge on any atom is -0.492 e. The lowest BCUT2D eigenvalue weighted by atomic mass is 10.0. The van der Waals surface area contributed by atoms with Gasteiger partial charge < -0.3 is 9.26 Å². The van der Waals surface area contributed by atoms with Crippen LogP contribution in [0.2, 0.25) is 0 Å². The topological polar surface area (TPSA) is 35.3 Å². The van der Waals surface area contributed by atoms with E-state index in [2.05, 4.69) is 33.2 Å². The molecule has 0 spiro atoms. The van der Waals surface area contributed by atoms with Gasteiger partial charge in [-0.25, -0.2) is 0 Å². The fourth-order valence-corrected chi connectivity index (χ4v) is 2.92. The molecule has 1 aliphatic heterocycles. The van der Waals surface area contributed by atoms with Crippen LogP contribution in [0.1, 0.15) is 17.0 Å². The average molecular weight is 294 g/mol. The van der Waals surface area contributed by atoms with Crippen LogP contribution in [0, 0.1) is 13.8 Å². The van der Waals surface area contributed by atoms with Gasteiger partial charge in [-0.1, -0.05) is 5.16 Å². The number of hydrogen-bond acceptors (Lipinski definition) is 3. The van der Waals surface area contributed by atoms with Crippen molar-refractivity contribution in [1.29, 1.82) is 0 Å². The predicted molar refractivity (Wildman–Crippen MR) is 68.3 cm³/mol. The molecule has 4 heteroatoms. The minimum atomic E-state index is 0.763. The Balaban J connectivity index is 2.20. The predicted octanol–water partition coefficient (Wildman–Crippen LogP) is 3.66. The Bertz CT molecular complexity index is 570. The first-order valence-electron chi connectivity index (χ1n) is 5.55. The highest BCUT2D eigenvalue weighted by molar-refractivity contribution is 9.10. The SMILES string of the molecule is Cc1noc(C)c1-c1cc(Br)c2c(c1)CCO2. The van der Waals surface area contributed by atoms with Crippen molar-refractivity contribution in [3.63, 3.8) is 0 Å². The Morgan fingerprint density at radius 2 is 2.12 bits per heavy atom. The van der Waals surface area contributed by atoms with Crippen molar-refractivity contribution < 1.29 is 9.26 Å². The Labute approximate surface area is 108 Å². The molecule has 0 bridgehead atoms. The van der Waals surface area contributed by atoms with Crippen LogP contribution in [0.25, 0.3) is 11.1 Å². The van der Waals surface area contributed by atoms with Gasteiger partial charge in [-0.3, -0.25) is 0 Å². The first-order valence-corrected chi connectivity index (χ1v) is 6.34. The molecule has 1 aromatic carbocycles. The van der Waals surface area contributed by atoms with Crippen LogP contribution in [0.15, 0.2) is 21.1 Å². The maximum atomic E-state index is 5.58. The maximum Gasteiger partial charge on any atom is 0.141 e. The zero-order valence-corrected chi connectivity index (χ0v) is 11.3. The van der Waals surface area contributed by atoms with E-state index in [1.165, 1.54) is 5.56 Å². The van der Waals surface area contributed by atoms with Crippen molar-refractivity contribution >= 4 is 15.9 Å². The highest BCUT2D eigenvalue weighted by atomic mass is 79.9. The van der Waals surface area contributed by atoms with Crippen molar-refractivity contribution in [2.75, 3.05) is 6.61 Å². The van der Waals surface area contributed by atoms with Gasteiger partial charge >= 0.3 is 0 Å². The lowest BCUT2D eigenvalue weighted by molar-refractivity contribution is 0.355. The monoisotopic (exact) mass is 293 g/mol. The van der Waals surface area contributed by atoms with E-state index < -0.39 is 0 Å². The van der Waals surface area contributed by atoms with Gasteiger partial charge in [-0.2, -0.15) is 0 Å².